The summed E-state index contributed by atoms with van der Waals surface area (Å²) in [7, 11) is 0. The van der Waals surface area contributed by atoms with E-state index >= 15 is 0 Å². The fraction of sp³-hybridized carbons (Fsp3) is 0.0952. The second-order valence-corrected chi connectivity index (χ2v) is 7.09. The van der Waals surface area contributed by atoms with Crippen LogP contribution in [0.1, 0.15) is 17.2 Å². The molecule has 0 bridgehead atoms. The molecular weight excluding hydrogens is 314 g/mol. The van der Waals surface area contributed by atoms with Crippen molar-refractivity contribution < 1.29 is 4.79 Å². The molecule has 0 saturated heterocycles. The van der Waals surface area contributed by atoms with Crippen LogP contribution in [0.2, 0.25) is 0 Å². The van der Waals surface area contributed by atoms with Crippen LogP contribution in [0.4, 0.5) is 5.69 Å². The van der Waals surface area contributed by atoms with Gasteiger partial charge in [-0.15, -0.1) is 0 Å². The Morgan fingerprint density at radius 3 is 2.50 bits per heavy atom. The van der Waals surface area contributed by atoms with Gasteiger partial charge < -0.3 is 5.32 Å². The van der Waals surface area contributed by atoms with E-state index < -0.39 is 0 Å². The van der Waals surface area contributed by atoms with Gasteiger partial charge in [0, 0.05) is 28.8 Å². The van der Waals surface area contributed by atoms with E-state index in [4.69, 9.17) is 0 Å². The maximum Gasteiger partial charge on any atom is 0.159 e. The van der Waals surface area contributed by atoms with E-state index in [1.165, 1.54) is 10.9 Å². The Kier molecular flexibility index (Phi) is 4.09. The van der Waals surface area contributed by atoms with E-state index in [1.807, 2.05) is 36.4 Å². The molecule has 1 aliphatic rings. The van der Waals surface area contributed by atoms with Crippen molar-refractivity contribution in [1.82, 2.24) is 0 Å². The number of allylic oxidation sites excluding steroid dienone is 1. The van der Waals surface area contributed by atoms with Gasteiger partial charge in [0.1, 0.15) is 0 Å². The first-order valence-electron chi connectivity index (χ1n) is 8.00. The molecule has 3 heteroatoms. The Bertz CT molecular complexity index is 912. The van der Waals surface area contributed by atoms with Crippen LogP contribution in [-0.4, -0.2) is 5.78 Å². The zero-order chi connectivity index (χ0) is 16.4. The summed E-state index contributed by atoms with van der Waals surface area (Å²) in [6, 6.07) is 24.7. The first kappa shape index (κ1) is 15.0. The zero-order valence-corrected chi connectivity index (χ0v) is 13.9. The minimum absolute atomic E-state index is 0.168. The average Bonchev–Trinajstić information content (AvgIpc) is 2.62. The summed E-state index contributed by atoms with van der Waals surface area (Å²) >= 11 is 1.72. The molecule has 0 saturated carbocycles. The van der Waals surface area contributed by atoms with Crippen molar-refractivity contribution in [2.45, 2.75) is 11.7 Å². The standard InChI is InChI=1S/C21H17NOS/c23-17-13-20(16-8-2-1-3-9-16)24-21(14-17)22-19-12-6-10-15-7-4-5-11-18(15)19/h1-12,14,20,22H,13H2. The Morgan fingerprint density at radius 1 is 0.875 bits per heavy atom. The number of hydrogen-bond acceptors (Lipinski definition) is 3. The lowest BCUT2D eigenvalue weighted by molar-refractivity contribution is -0.114. The molecule has 1 aliphatic heterocycles. The van der Waals surface area contributed by atoms with Crippen molar-refractivity contribution in [1.29, 1.82) is 0 Å². The van der Waals surface area contributed by atoms with Crippen LogP contribution in [0.25, 0.3) is 10.8 Å². The highest BCUT2D eigenvalue weighted by Gasteiger charge is 2.23. The molecule has 0 fully saturated rings. The largest absolute Gasteiger partial charge is 0.350 e. The van der Waals surface area contributed by atoms with Gasteiger partial charge in [0.15, 0.2) is 5.78 Å². The van der Waals surface area contributed by atoms with Gasteiger partial charge in [0.2, 0.25) is 0 Å². The van der Waals surface area contributed by atoms with Crippen molar-refractivity contribution in [3.05, 3.63) is 89.5 Å². The average molecular weight is 331 g/mol. The van der Waals surface area contributed by atoms with Crippen LogP contribution in [-0.2, 0) is 4.79 Å². The van der Waals surface area contributed by atoms with Crippen LogP contribution in [0.5, 0.6) is 0 Å². The molecule has 3 aromatic rings. The highest BCUT2D eigenvalue weighted by Crippen LogP contribution is 2.41. The molecule has 0 aromatic heterocycles. The molecule has 4 rings (SSSR count). The van der Waals surface area contributed by atoms with Crippen molar-refractivity contribution in [2.24, 2.45) is 0 Å². The van der Waals surface area contributed by atoms with Gasteiger partial charge in [0.25, 0.3) is 0 Å². The number of nitrogens with one attached hydrogen (secondary N) is 1. The molecule has 1 heterocycles. The van der Waals surface area contributed by atoms with Crippen LogP contribution in [0.15, 0.2) is 83.9 Å². The molecule has 0 amide bonds. The number of anilines is 1. The van der Waals surface area contributed by atoms with Crippen molar-refractivity contribution in [2.75, 3.05) is 5.32 Å². The number of benzene rings is 3. The van der Waals surface area contributed by atoms with Crippen molar-refractivity contribution in [3.8, 4) is 0 Å². The van der Waals surface area contributed by atoms with Gasteiger partial charge in [-0.1, -0.05) is 78.5 Å². The lowest BCUT2D eigenvalue weighted by atomic mass is 10.1. The number of rotatable bonds is 3. The Hall–Kier alpha value is -2.52. The van der Waals surface area contributed by atoms with E-state index in [-0.39, 0.29) is 11.0 Å². The summed E-state index contributed by atoms with van der Waals surface area (Å²) in [5.41, 5.74) is 2.23. The SMILES string of the molecule is O=C1C=C(Nc2cccc3ccccc23)SC(c2ccccc2)C1. The van der Waals surface area contributed by atoms with E-state index in [2.05, 4.69) is 41.7 Å². The highest BCUT2D eigenvalue weighted by molar-refractivity contribution is 8.03. The number of carbonyl (C=O) groups is 1. The molecule has 1 atom stereocenters. The van der Waals surface area contributed by atoms with Crippen LogP contribution >= 0.6 is 11.8 Å². The monoisotopic (exact) mass is 331 g/mol. The number of ketones is 1. The predicted octanol–water partition coefficient (Wildman–Crippen LogP) is 5.54. The molecule has 1 unspecified atom stereocenters. The van der Waals surface area contributed by atoms with Gasteiger partial charge in [-0.25, -0.2) is 0 Å². The fourth-order valence-electron chi connectivity index (χ4n) is 3.00. The maximum atomic E-state index is 12.2. The summed E-state index contributed by atoms with van der Waals surface area (Å²) in [6.07, 6.45) is 2.28. The van der Waals surface area contributed by atoms with E-state index in [0.29, 0.717) is 6.42 Å². The summed E-state index contributed by atoms with van der Waals surface area (Å²) in [4.78, 5) is 12.2. The topological polar surface area (TPSA) is 29.1 Å². The maximum absolute atomic E-state index is 12.2. The number of carbonyl (C=O) groups excluding carboxylic acids is 1. The molecule has 0 radical (unpaired) electrons. The normalized spacial score (nSPS) is 17.6. The molecular formula is C21H17NOS. The predicted molar refractivity (Wildman–Crippen MR) is 102 cm³/mol. The summed E-state index contributed by atoms with van der Waals surface area (Å²) in [5, 5.41) is 6.89. The minimum atomic E-state index is 0.168. The van der Waals surface area contributed by atoms with E-state index in [9.17, 15) is 4.79 Å². The third kappa shape index (κ3) is 3.08. The van der Waals surface area contributed by atoms with Crippen LogP contribution in [0, 0.1) is 0 Å². The molecule has 1 N–H and O–H groups in total. The Morgan fingerprint density at radius 2 is 1.62 bits per heavy atom. The van der Waals surface area contributed by atoms with Gasteiger partial charge in [0.05, 0.1) is 5.03 Å². The van der Waals surface area contributed by atoms with Gasteiger partial charge in [-0.2, -0.15) is 0 Å². The van der Waals surface area contributed by atoms with Gasteiger partial charge >= 0.3 is 0 Å². The Labute approximate surface area is 145 Å². The summed E-state index contributed by atoms with van der Waals surface area (Å²) in [6.45, 7) is 0. The number of fused-ring (bicyclic) bond motifs is 1. The molecule has 2 nitrogen and oxygen atoms in total. The molecule has 0 spiro atoms. The fourth-order valence-corrected chi connectivity index (χ4v) is 4.22. The molecule has 118 valence electrons. The first-order valence-corrected chi connectivity index (χ1v) is 8.88. The third-order valence-corrected chi connectivity index (χ3v) is 5.36. The number of hydrogen-bond donors (Lipinski definition) is 1. The molecule has 3 aromatic carbocycles. The van der Waals surface area contributed by atoms with Crippen molar-refractivity contribution >= 4 is 34.0 Å². The summed E-state index contributed by atoms with van der Waals surface area (Å²) in [5.74, 6) is 0.172. The molecule has 0 aliphatic carbocycles. The molecule has 24 heavy (non-hydrogen) atoms. The highest BCUT2D eigenvalue weighted by atomic mass is 32.2. The minimum Gasteiger partial charge on any atom is -0.350 e. The van der Waals surface area contributed by atoms with Gasteiger partial charge in [-0.05, 0) is 17.0 Å². The van der Waals surface area contributed by atoms with Crippen LogP contribution < -0.4 is 5.32 Å². The number of thioether (sulfide) groups is 1. The smallest absolute Gasteiger partial charge is 0.159 e. The lowest BCUT2D eigenvalue weighted by Gasteiger charge is -2.23. The third-order valence-electron chi connectivity index (χ3n) is 4.17. The Balaban J connectivity index is 1.63. The van der Waals surface area contributed by atoms with E-state index in [1.54, 1.807) is 17.8 Å². The zero-order valence-electron chi connectivity index (χ0n) is 13.1. The first-order chi connectivity index (χ1) is 11.8. The summed E-state index contributed by atoms with van der Waals surface area (Å²) < 4.78 is 0. The quantitative estimate of drug-likeness (QED) is 0.683. The second kappa shape index (κ2) is 6.54. The van der Waals surface area contributed by atoms with Gasteiger partial charge in [-0.3, -0.25) is 4.79 Å². The second-order valence-electron chi connectivity index (χ2n) is 5.85. The van der Waals surface area contributed by atoms with E-state index in [0.717, 1.165) is 16.1 Å². The van der Waals surface area contributed by atoms with Crippen LogP contribution in [0.3, 0.4) is 0 Å². The van der Waals surface area contributed by atoms with Crippen molar-refractivity contribution in [3.63, 3.8) is 0 Å². The lowest BCUT2D eigenvalue weighted by Crippen LogP contribution is -2.12.